The molecular weight excluding hydrogens is 284 g/mol. The fourth-order valence-electron chi connectivity index (χ4n) is 0.286. The minimum atomic E-state index is -0.479. The largest absolute Gasteiger partial charge is 0.542 e. The molecule has 0 bridgehead atoms. The molecule has 52 valence electrons. The first-order valence-electron chi connectivity index (χ1n) is 2.25. The minimum Gasteiger partial charge on any atom is -0.542 e. The summed E-state index contributed by atoms with van der Waals surface area (Å²) >= 11 is 0. The SMILES string of the molecule is CN[C@H]([C-]=O)C[C-]=O.[Y].[Y]. The van der Waals surface area contributed by atoms with E-state index in [1.54, 1.807) is 19.6 Å². The zero-order valence-corrected chi connectivity index (χ0v) is 11.4. The van der Waals surface area contributed by atoms with Crippen LogP contribution in [0.25, 0.3) is 0 Å². The van der Waals surface area contributed by atoms with Crippen molar-refractivity contribution < 1.29 is 75.0 Å². The van der Waals surface area contributed by atoms with E-state index in [1.165, 1.54) is 0 Å². The van der Waals surface area contributed by atoms with Crippen LogP contribution in [0.4, 0.5) is 0 Å². The smallest absolute Gasteiger partial charge is 0 e. The van der Waals surface area contributed by atoms with E-state index in [1.807, 2.05) is 0 Å². The molecule has 1 N–H and O–H groups in total. The van der Waals surface area contributed by atoms with E-state index >= 15 is 0 Å². The van der Waals surface area contributed by atoms with Gasteiger partial charge in [0.15, 0.2) is 0 Å². The molecule has 0 aliphatic heterocycles. The molecule has 0 amide bonds. The van der Waals surface area contributed by atoms with Crippen LogP contribution >= 0.6 is 0 Å². The summed E-state index contributed by atoms with van der Waals surface area (Å²) in [6.07, 6.45) is 3.31. The van der Waals surface area contributed by atoms with Crippen LogP contribution in [0.3, 0.4) is 0 Å². The fourth-order valence-corrected chi connectivity index (χ4v) is 0.286. The van der Waals surface area contributed by atoms with Gasteiger partial charge in [0.1, 0.15) is 0 Å². The number of hydrogen-bond acceptors (Lipinski definition) is 3. The number of likely N-dealkylation sites (N-methyl/N-ethyl adjacent to an activating group) is 1. The summed E-state index contributed by atoms with van der Waals surface area (Å²) in [5.74, 6) is 0. The molecule has 0 aliphatic carbocycles. The number of rotatable bonds is 4. The van der Waals surface area contributed by atoms with Crippen LogP contribution in [0.2, 0.25) is 0 Å². The van der Waals surface area contributed by atoms with E-state index in [0.717, 1.165) is 0 Å². The van der Waals surface area contributed by atoms with Gasteiger partial charge in [-0.25, -0.2) is 6.29 Å². The van der Waals surface area contributed by atoms with Crippen molar-refractivity contribution in [2.45, 2.75) is 12.5 Å². The van der Waals surface area contributed by atoms with E-state index in [9.17, 15) is 9.59 Å². The van der Waals surface area contributed by atoms with Crippen molar-refractivity contribution in [3.8, 4) is 0 Å². The van der Waals surface area contributed by atoms with Crippen LogP contribution in [0.1, 0.15) is 6.42 Å². The Labute approximate surface area is 111 Å². The first kappa shape index (κ1) is 17.6. The Hall–Kier alpha value is 1.51. The molecule has 1 atom stereocenters. The predicted octanol–water partition coefficient (Wildman–Crippen LogP) is -0.821. The maximum Gasteiger partial charge on any atom is 0 e. The first-order chi connectivity index (χ1) is 3.85. The van der Waals surface area contributed by atoms with Crippen molar-refractivity contribution in [1.29, 1.82) is 0 Å². The second-order valence-electron chi connectivity index (χ2n) is 1.31. The van der Waals surface area contributed by atoms with E-state index in [4.69, 9.17) is 0 Å². The van der Waals surface area contributed by atoms with Crippen molar-refractivity contribution in [3.63, 3.8) is 0 Å². The Morgan fingerprint density at radius 3 is 2.00 bits per heavy atom. The molecule has 2 radical (unpaired) electrons. The predicted molar refractivity (Wildman–Crippen MR) is 28.9 cm³/mol. The third-order valence-electron chi connectivity index (χ3n) is 0.778. The van der Waals surface area contributed by atoms with Crippen molar-refractivity contribution >= 4 is 12.6 Å². The third-order valence-corrected chi connectivity index (χ3v) is 0.778. The van der Waals surface area contributed by atoms with E-state index < -0.39 is 6.04 Å². The van der Waals surface area contributed by atoms with Gasteiger partial charge in [-0.15, -0.1) is 6.04 Å². The Balaban J connectivity index is -0.000000245. The maximum atomic E-state index is 9.76. The standard InChI is InChI=1S/C5H7NO2.2Y/c1-6-5(4-8)2-3-7;;/h5-6H,2H2,1H3;;/q-2;;/t5-;;/m0../s1. The van der Waals surface area contributed by atoms with Gasteiger partial charge in [0, 0.05) is 65.4 Å². The molecule has 0 saturated heterocycles. The van der Waals surface area contributed by atoms with Gasteiger partial charge >= 0.3 is 0 Å². The van der Waals surface area contributed by atoms with Gasteiger partial charge in [-0.05, 0) is 7.05 Å². The average molecular weight is 291 g/mol. The molecule has 0 aromatic rings. The van der Waals surface area contributed by atoms with Crippen molar-refractivity contribution in [2.75, 3.05) is 7.05 Å². The van der Waals surface area contributed by atoms with Crippen molar-refractivity contribution in [2.24, 2.45) is 0 Å². The van der Waals surface area contributed by atoms with Gasteiger partial charge in [-0.3, -0.25) is 6.29 Å². The maximum absolute atomic E-state index is 9.76. The summed E-state index contributed by atoms with van der Waals surface area (Å²) in [6, 6.07) is -0.479. The van der Waals surface area contributed by atoms with Crippen LogP contribution in [0.15, 0.2) is 0 Å². The van der Waals surface area contributed by atoms with Crippen LogP contribution in [0.5, 0.6) is 0 Å². The molecule has 0 spiro atoms. The molecule has 0 aliphatic rings. The molecule has 0 saturated carbocycles. The summed E-state index contributed by atoms with van der Waals surface area (Å²) in [7, 11) is 1.59. The van der Waals surface area contributed by atoms with Gasteiger partial charge in [0.2, 0.25) is 0 Å². The summed E-state index contributed by atoms with van der Waals surface area (Å²) < 4.78 is 0. The summed E-state index contributed by atoms with van der Waals surface area (Å²) in [4.78, 5) is 19.3. The van der Waals surface area contributed by atoms with Crippen molar-refractivity contribution in [3.05, 3.63) is 0 Å². The van der Waals surface area contributed by atoms with Gasteiger partial charge in [0.05, 0.1) is 0 Å². The first-order valence-corrected chi connectivity index (χ1v) is 2.25. The number of carbonyl (C=O) groups excluding carboxylic acids is 2. The summed E-state index contributed by atoms with van der Waals surface area (Å²) in [6.45, 7) is 0. The van der Waals surface area contributed by atoms with E-state index in [0.29, 0.717) is 0 Å². The van der Waals surface area contributed by atoms with Crippen LogP contribution < -0.4 is 5.32 Å². The molecule has 0 fully saturated rings. The number of hydrogen-bond donors (Lipinski definition) is 1. The topological polar surface area (TPSA) is 46.2 Å². The molecule has 0 heterocycles. The molecule has 0 unspecified atom stereocenters. The molecule has 0 aromatic carbocycles. The summed E-state index contributed by atoms with van der Waals surface area (Å²) in [5.41, 5.74) is 0. The minimum absolute atomic E-state index is 0. The second kappa shape index (κ2) is 13.1. The van der Waals surface area contributed by atoms with Gasteiger partial charge in [-0.1, -0.05) is 0 Å². The van der Waals surface area contributed by atoms with Gasteiger partial charge in [0.25, 0.3) is 0 Å². The van der Waals surface area contributed by atoms with Gasteiger partial charge in [-0.2, -0.15) is 6.42 Å². The third kappa shape index (κ3) is 9.51. The van der Waals surface area contributed by atoms with E-state index in [2.05, 4.69) is 5.32 Å². The zero-order valence-electron chi connectivity index (χ0n) is 5.76. The Kier molecular flexibility index (Phi) is 23.0. The quantitative estimate of drug-likeness (QED) is 0.688. The van der Waals surface area contributed by atoms with Gasteiger partial charge < -0.3 is 14.9 Å². The van der Waals surface area contributed by atoms with E-state index in [-0.39, 0.29) is 71.8 Å². The second-order valence-corrected chi connectivity index (χ2v) is 1.31. The zero-order chi connectivity index (χ0) is 6.41. The van der Waals surface area contributed by atoms with Crippen LogP contribution in [-0.2, 0) is 75.0 Å². The summed E-state index contributed by atoms with van der Waals surface area (Å²) in [5, 5.41) is 2.57. The molecular formula is C5H7NO2Y2-2. The molecule has 10 heavy (non-hydrogen) atoms. The fraction of sp³-hybridized carbons (Fsp3) is 0.600. The molecule has 3 nitrogen and oxygen atoms in total. The van der Waals surface area contributed by atoms with Crippen LogP contribution in [0, 0.1) is 0 Å². The normalized spacial score (nSPS) is 10.1. The average Bonchev–Trinajstić information content (AvgIpc) is 1.83. The van der Waals surface area contributed by atoms with Crippen molar-refractivity contribution in [1.82, 2.24) is 5.32 Å². The monoisotopic (exact) mass is 291 g/mol. The molecule has 0 aromatic heterocycles. The molecule has 0 rings (SSSR count). The number of nitrogens with one attached hydrogen (secondary N) is 1. The Morgan fingerprint density at radius 1 is 1.40 bits per heavy atom. The Bertz CT molecular complexity index is 89.7. The van der Waals surface area contributed by atoms with Crippen LogP contribution in [-0.4, -0.2) is 25.7 Å². The Morgan fingerprint density at radius 2 is 1.90 bits per heavy atom. The molecule has 5 heteroatoms.